The van der Waals surface area contributed by atoms with Gasteiger partial charge in [-0.25, -0.2) is 0 Å². The van der Waals surface area contributed by atoms with E-state index in [4.69, 9.17) is 21.7 Å². The Bertz CT molecular complexity index is 286. The van der Waals surface area contributed by atoms with Crippen LogP contribution in [0.1, 0.15) is 0 Å². The van der Waals surface area contributed by atoms with Gasteiger partial charge < -0.3 is 4.74 Å². The zero-order valence-corrected chi connectivity index (χ0v) is 8.78. The monoisotopic (exact) mass is 215 g/mol. The van der Waals surface area contributed by atoms with Crippen molar-refractivity contribution in [2.75, 3.05) is 12.9 Å². The maximum absolute atomic E-state index is 7.34. The molecule has 13 heavy (non-hydrogen) atoms. The van der Waals surface area contributed by atoms with Crippen LogP contribution in [0.3, 0.4) is 0 Å². The molecule has 0 fully saturated rings. The summed E-state index contributed by atoms with van der Waals surface area (Å²) < 4.78 is 5.31. The van der Waals surface area contributed by atoms with Crippen LogP contribution in [0.5, 0.6) is 5.75 Å². The van der Waals surface area contributed by atoms with E-state index < -0.39 is 0 Å². The molecule has 0 aliphatic heterocycles. The highest BCUT2D eigenvalue weighted by Gasteiger charge is 1.96. The second-order valence-electron chi connectivity index (χ2n) is 2.37. The fourth-order valence-corrected chi connectivity index (χ4v) is 1.04. The Morgan fingerprint density at radius 2 is 2.08 bits per heavy atom. The van der Waals surface area contributed by atoms with Gasteiger partial charge in [-0.05, 0) is 30.5 Å². The Morgan fingerprint density at radius 3 is 2.62 bits per heavy atom. The number of hydrogen-bond acceptors (Lipinski definition) is 3. The van der Waals surface area contributed by atoms with Crippen molar-refractivity contribution in [2.24, 2.45) is 0 Å². The molecular formula is C9H10ClNOS. The van der Waals surface area contributed by atoms with Crippen molar-refractivity contribution in [3.05, 3.63) is 29.3 Å². The van der Waals surface area contributed by atoms with E-state index in [9.17, 15) is 0 Å². The molecule has 0 amide bonds. The minimum atomic E-state index is 0.322. The minimum Gasteiger partial charge on any atom is -0.487 e. The van der Waals surface area contributed by atoms with Crippen LogP contribution in [0.2, 0.25) is 5.02 Å². The van der Waals surface area contributed by atoms with Crippen LogP contribution >= 0.6 is 23.4 Å². The number of ether oxygens (including phenoxy) is 1. The van der Waals surface area contributed by atoms with Crippen LogP contribution in [0.15, 0.2) is 24.3 Å². The highest BCUT2D eigenvalue weighted by molar-refractivity contribution is 8.13. The second-order valence-corrected chi connectivity index (χ2v) is 3.71. The lowest BCUT2D eigenvalue weighted by atomic mass is 10.3. The first-order valence-electron chi connectivity index (χ1n) is 3.72. The van der Waals surface area contributed by atoms with Crippen LogP contribution in [0.4, 0.5) is 0 Å². The lowest BCUT2D eigenvalue weighted by Gasteiger charge is -2.04. The molecule has 0 aliphatic carbocycles. The highest BCUT2D eigenvalue weighted by Crippen LogP contribution is 2.15. The third-order valence-corrected chi connectivity index (χ3v) is 2.29. The fourth-order valence-electron chi connectivity index (χ4n) is 0.739. The van der Waals surface area contributed by atoms with Gasteiger partial charge in [-0.1, -0.05) is 11.6 Å². The third kappa shape index (κ3) is 3.70. The lowest BCUT2D eigenvalue weighted by Crippen LogP contribution is -2.05. The summed E-state index contributed by atoms with van der Waals surface area (Å²) in [5, 5.41) is 8.54. The van der Waals surface area contributed by atoms with Gasteiger partial charge in [0.15, 0.2) is 0 Å². The quantitative estimate of drug-likeness (QED) is 0.621. The normalized spacial score (nSPS) is 9.69. The first-order valence-corrected chi connectivity index (χ1v) is 5.32. The Kier molecular flexibility index (Phi) is 4.12. The Morgan fingerprint density at radius 1 is 1.46 bits per heavy atom. The molecule has 2 nitrogen and oxygen atoms in total. The molecule has 0 radical (unpaired) electrons. The molecular weight excluding hydrogens is 206 g/mol. The molecule has 1 aromatic rings. The molecule has 0 aromatic heterocycles. The van der Waals surface area contributed by atoms with Crippen molar-refractivity contribution in [2.45, 2.75) is 0 Å². The number of halogens is 1. The largest absolute Gasteiger partial charge is 0.487 e. The molecule has 0 heterocycles. The average Bonchev–Trinajstić information content (AvgIpc) is 2.16. The van der Waals surface area contributed by atoms with Crippen molar-refractivity contribution in [1.29, 1.82) is 5.41 Å². The molecule has 70 valence electrons. The van der Waals surface area contributed by atoms with Gasteiger partial charge >= 0.3 is 0 Å². The van der Waals surface area contributed by atoms with E-state index in [1.165, 1.54) is 11.8 Å². The van der Waals surface area contributed by atoms with E-state index in [0.717, 1.165) is 5.75 Å². The van der Waals surface area contributed by atoms with Gasteiger partial charge in [-0.3, -0.25) is 5.41 Å². The molecule has 0 unspecified atom stereocenters. The van der Waals surface area contributed by atoms with Crippen molar-refractivity contribution in [3.8, 4) is 5.75 Å². The van der Waals surface area contributed by atoms with Crippen molar-refractivity contribution >= 4 is 28.4 Å². The second kappa shape index (κ2) is 5.14. The van der Waals surface area contributed by atoms with E-state index in [-0.39, 0.29) is 0 Å². The molecule has 0 saturated carbocycles. The summed E-state index contributed by atoms with van der Waals surface area (Å²) >= 11 is 7.08. The third-order valence-electron chi connectivity index (χ3n) is 1.43. The van der Waals surface area contributed by atoms with E-state index in [0.29, 0.717) is 16.7 Å². The summed E-state index contributed by atoms with van der Waals surface area (Å²) in [7, 11) is 0. The molecule has 0 bridgehead atoms. The number of thioether (sulfide) groups is 1. The topological polar surface area (TPSA) is 33.1 Å². The Hall–Kier alpha value is -0.670. The van der Waals surface area contributed by atoms with E-state index in [2.05, 4.69) is 0 Å². The summed E-state index contributed by atoms with van der Waals surface area (Å²) in [6.45, 7) is 0.322. The average molecular weight is 216 g/mol. The van der Waals surface area contributed by atoms with Crippen LogP contribution in [-0.4, -0.2) is 17.9 Å². The molecule has 1 N–H and O–H groups in total. The lowest BCUT2D eigenvalue weighted by molar-refractivity contribution is 0.378. The SMILES string of the molecule is CSC(=N)COc1ccc(Cl)cc1. The van der Waals surface area contributed by atoms with Gasteiger partial charge in [0.05, 0.1) is 0 Å². The van der Waals surface area contributed by atoms with Gasteiger partial charge in [0.2, 0.25) is 0 Å². The van der Waals surface area contributed by atoms with Gasteiger partial charge in [-0.2, -0.15) is 0 Å². The maximum Gasteiger partial charge on any atom is 0.136 e. The van der Waals surface area contributed by atoms with Crippen LogP contribution < -0.4 is 4.74 Å². The Labute approximate surface area is 86.8 Å². The predicted molar refractivity (Wildman–Crippen MR) is 58.2 cm³/mol. The van der Waals surface area contributed by atoms with E-state index >= 15 is 0 Å². The number of nitrogens with one attached hydrogen (secondary N) is 1. The highest BCUT2D eigenvalue weighted by atomic mass is 35.5. The summed E-state index contributed by atoms with van der Waals surface area (Å²) in [4.78, 5) is 0. The molecule has 0 aliphatic rings. The van der Waals surface area contributed by atoms with E-state index in [1.54, 1.807) is 24.3 Å². The molecule has 1 aromatic carbocycles. The van der Waals surface area contributed by atoms with Crippen LogP contribution in [0, 0.1) is 5.41 Å². The standard InChI is InChI=1S/C9H10ClNOS/c1-13-9(11)6-12-8-4-2-7(10)3-5-8/h2-5,11H,6H2,1H3. The molecule has 1 rings (SSSR count). The summed E-state index contributed by atoms with van der Waals surface area (Å²) in [5.41, 5.74) is 0. The number of hydrogen-bond donors (Lipinski definition) is 1. The molecule has 4 heteroatoms. The fraction of sp³-hybridized carbons (Fsp3) is 0.222. The summed E-state index contributed by atoms with van der Waals surface area (Å²) in [6.07, 6.45) is 1.85. The van der Waals surface area contributed by atoms with E-state index in [1.807, 2.05) is 6.26 Å². The van der Waals surface area contributed by atoms with Gasteiger partial charge in [0.25, 0.3) is 0 Å². The number of rotatable bonds is 3. The van der Waals surface area contributed by atoms with Gasteiger partial charge in [-0.15, -0.1) is 11.8 Å². The smallest absolute Gasteiger partial charge is 0.136 e. The molecule has 0 atom stereocenters. The van der Waals surface area contributed by atoms with Crippen molar-refractivity contribution in [3.63, 3.8) is 0 Å². The summed E-state index contributed by atoms with van der Waals surface area (Å²) in [5.74, 6) is 0.739. The summed E-state index contributed by atoms with van der Waals surface area (Å²) in [6, 6.07) is 7.10. The molecule has 0 saturated heterocycles. The van der Waals surface area contributed by atoms with Crippen molar-refractivity contribution in [1.82, 2.24) is 0 Å². The zero-order chi connectivity index (χ0) is 9.68. The maximum atomic E-state index is 7.34. The molecule has 0 spiro atoms. The minimum absolute atomic E-state index is 0.322. The van der Waals surface area contributed by atoms with Crippen LogP contribution in [0.25, 0.3) is 0 Å². The Balaban J connectivity index is 2.46. The van der Waals surface area contributed by atoms with Crippen LogP contribution in [-0.2, 0) is 0 Å². The number of benzene rings is 1. The predicted octanol–water partition coefficient (Wildman–Crippen LogP) is 3.06. The van der Waals surface area contributed by atoms with Crippen molar-refractivity contribution < 1.29 is 4.74 Å². The zero-order valence-electron chi connectivity index (χ0n) is 7.21. The first kappa shape index (κ1) is 10.4. The van der Waals surface area contributed by atoms with Gasteiger partial charge in [0, 0.05) is 5.02 Å². The first-order chi connectivity index (χ1) is 6.22. The van der Waals surface area contributed by atoms with Gasteiger partial charge in [0.1, 0.15) is 17.4 Å².